The molecular weight excluding hydrogens is 287 g/mol. The van der Waals surface area contributed by atoms with Gasteiger partial charge in [-0.25, -0.2) is 14.4 Å². The van der Waals surface area contributed by atoms with Crippen LogP contribution in [0.25, 0.3) is 17.5 Å². The fourth-order valence-corrected chi connectivity index (χ4v) is 2.27. The Morgan fingerprint density at radius 2 is 1.87 bits per heavy atom. The number of unbranched alkanes of at least 4 members (excludes halogenated alkanes) is 1. The molecule has 0 aliphatic rings. The van der Waals surface area contributed by atoms with E-state index in [1.54, 1.807) is 6.92 Å². The number of hydrogen-bond acceptors (Lipinski definition) is 2. The lowest BCUT2D eigenvalue weighted by atomic mass is 10.1. The minimum Gasteiger partial charge on any atom is -0.248 e. The predicted octanol–water partition coefficient (Wildman–Crippen LogP) is 5.41. The van der Waals surface area contributed by atoms with Crippen LogP contribution in [-0.4, -0.2) is 16.1 Å². The van der Waals surface area contributed by atoms with Gasteiger partial charge in [-0.2, -0.15) is 0 Å². The zero-order valence-corrected chi connectivity index (χ0v) is 13.6. The third-order valence-electron chi connectivity index (χ3n) is 3.55. The van der Waals surface area contributed by atoms with E-state index in [0.717, 1.165) is 36.2 Å². The number of hydrogen-bond donors (Lipinski definition) is 0. The molecule has 2 rings (SSSR count). The minimum absolute atomic E-state index is 0.613. The third-order valence-corrected chi connectivity index (χ3v) is 3.55. The summed E-state index contributed by atoms with van der Waals surface area (Å²) in [7, 11) is 0. The van der Waals surface area contributed by atoms with Crippen molar-refractivity contribution < 1.29 is 4.39 Å². The maximum Gasteiger partial charge on any atom is 0.159 e. The largest absolute Gasteiger partial charge is 0.248 e. The Morgan fingerprint density at radius 1 is 1.17 bits per heavy atom. The van der Waals surface area contributed by atoms with Gasteiger partial charge in [-0.1, -0.05) is 42.5 Å². The average molecular weight is 310 g/mol. The molecule has 2 aromatic rings. The summed E-state index contributed by atoms with van der Waals surface area (Å²) in [5, 5.41) is 0. The molecule has 1 unspecified atom stereocenters. The molecule has 120 valence electrons. The summed E-state index contributed by atoms with van der Waals surface area (Å²) in [4.78, 5) is 8.82. The van der Waals surface area contributed by atoms with Crippen LogP contribution in [0, 0.1) is 0 Å². The number of rotatable bonds is 8. The first kappa shape index (κ1) is 17.1. The quantitative estimate of drug-likeness (QED) is 0.481. The van der Waals surface area contributed by atoms with Crippen molar-refractivity contribution >= 4 is 6.08 Å². The number of nitrogens with zero attached hydrogens (tertiary/aromatic N) is 2. The van der Waals surface area contributed by atoms with Gasteiger partial charge in [0.05, 0.1) is 6.17 Å². The van der Waals surface area contributed by atoms with Crippen molar-refractivity contribution in [2.75, 3.05) is 0 Å². The number of benzene rings is 1. The first-order chi connectivity index (χ1) is 11.2. The molecule has 0 spiro atoms. The topological polar surface area (TPSA) is 25.8 Å². The van der Waals surface area contributed by atoms with Crippen molar-refractivity contribution in [2.24, 2.45) is 0 Å². The van der Waals surface area contributed by atoms with E-state index in [-0.39, 0.29) is 0 Å². The molecule has 0 saturated heterocycles. The summed E-state index contributed by atoms with van der Waals surface area (Å²) in [6.45, 7) is 5.34. The fourth-order valence-electron chi connectivity index (χ4n) is 2.27. The molecule has 23 heavy (non-hydrogen) atoms. The average Bonchev–Trinajstić information content (AvgIpc) is 2.56. The monoisotopic (exact) mass is 310 g/mol. The van der Waals surface area contributed by atoms with Crippen LogP contribution in [-0.2, 0) is 6.42 Å². The Morgan fingerprint density at radius 3 is 2.48 bits per heavy atom. The van der Waals surface area contributed by atoms with Crippen molar-refractivity contribution in [3.8, 4) is 11.4 Å². The van der Waals surface area contributed by atoms with Gasteiger partial charge < -0.3 is 0 Å². The molecule has 2 nitrogen and oxygen atoms in total. The van der Waals surface area contributed by atoms with Gasteiger partial charge in [0.1, 0.15) is 0 Å². The van der Waals surface area contributed by atoms with Crippen LogP contribution in [0.2, 0.25) is 0 Å². The Kier molecular flexibility index (Phi) is 6.67. The van der Waals surface area contributed by atoms with E-state index >= 15 is 0 Å². The van der Waals surface area contributed by atoms with Crippen molar-refractivity contribution in [2.45, 2.75) is 38.8 Å². The van der Waals surface area contributed by atoms with Crippen LogP contribution in [0.15, 0.2) is 55.4 Å². The van der Waals surface area contributed by atoms with Crippen molar-refractivity contribution in [1.29, 1.82) is 0 Å². The lowest BCUT2D eigenvalue weighted by Gasteiger charge is -2.02. The van der Waals surface area contributed by atoms with Crippen LogP contribution < -0.4 is 0 Å². The Labute approximate surface area is 137 Å². The molecule has 0 aliphatic carbocycles. The summed E-state index contributed by atoms with van der Waals surface area (Å²) < 4.78 is 12.7. The maximum absolute atomic E-state index is 12.7. The Bertz CT molecular complexity index is 628. The normalized spacial score (nSPS) is 12.4. The SMILES string of the molecule is C=CCc1ccc(-c2ncc(C=CCCCC(C)F)cn2)cc1. The van der Waals surface area contributed by atoms with Crippen molar-refractivity contribution in [1.82, 2.24) is 9.97 Å². The van der Waals surface area contributed by atoms with Gasteiger partial charge in [0, 0.05) is 23.5 Å². The van der Waals surface area contributed by atoms with E-state index in [1.165, 1.54) is 5.56 Å². The van der Waals surface area contributed by atoms with Gasteiger partial charge in [-0.3, -0.25) is 0 Å². The second-order valence-corrected chi connectivity index (χ2v) is 5.64. The van der Waals surface area contributed by atoms with E-state index < -0.39 is 6.17 Å². The summed E-state index contributed by atoms with van der Waals surface area (Å²) in [6.07, 6.45) is 12.1. The number of halogens is 1. The maximum atomic E-state index is 12.7. The first-order valence-corrected chi connectivity index (χ1v) is 8.02. The van der Waals surface area contributed by atoms with E-state index in [2.05, 4.69) is 28.7 Å². The summed E-state index contributed by atoms with van der Waals surface area (Å²) in [5.41, 5.74) is 3.20. The van der Waals surface area contributed by atoms with Crippen LogP contribution in [0.5, 0.6) is 0 Å². The number of aromatic nitrogens is 2. The lowest BCUT2D eigenvalue weighted by Crippen LogP contribution is -1.91. The minimum atomic E-state index is -0.719. The smallest absolute Gasteiger partial charge is 0.159 e. The summed E-state index contributed by atoms with van der Waals surface area (Å²) in [6, 6.07) is 8.20. The molecule has 1 aromatic heterocycles. The molecule has 0 saturated carbocycles. The number of allylic oxidation sites excluding steroid dienone is 2. The molecule has 0 bridgehead atoms. The highest BCUT2D eigenvalue weighted by atomic mass is 19.1. The van der Waals surface area contributed by atoms with Gasteiger partial charge in [-0.15, -0.1) is 6.58 Å². The highest BCUT2D eigenvalue weighted by Gasteiger charge is 2.01. The number of alkyl halides is 1. The molecule has 1 heterocycles. The molecule has 3 heteroatoms. The van der Waals surface area contributed by atoms with Gasteiger partial charge in [0.2, 0.25) is 0 Å². The summed E-state index contributed by atoms with van der Waals surface area (Å²) >= 11 is 0. The molecule has 0 N–H and O–H groups in total. The van der Waals surface area contributed by atoms with Gasteiger partial charge >= 0.3 is 0 Å². The fraction of sp³-hybridized carbons (Fsp3) is 0.300. The molecular formula is C20H23FN2. The zero-order valence-electron chi connectivity index (χ0n) is 13.6. The van der Waals surface area contributed by atoms with Crippen molar-refractivity contribution in [3.63, 3.8) is 0 Å². The van der Waals surface area contributed by atoms with E-state index in [1.807, 2.05) is 42.8 Å². The second-order valence-electron chi connectivity index (χ2n) is 5.64. The highest BCUT2D eigenvalue weighted by molar-refractivity contribution is 5.56. The van der Waals surface area contributed by atoms with Gasteiger partial charge in [0.15, 0.2) is 5.82 Å². The van der Waals surface area contributed by atoms with Crippen LogP contribution in [0.4, 0.5) is 4.39 Å². The Hall–Kier alpha value is -2.29. The van der Waals surface area contributed by atoms with Crippen molar-refractivity contribution in [3.05, 3.63) is 66.5 Å². The summed E-state index contributed by atoms with van der Waals surface area (Å²) in [5.74, 6) is 0.721. The van der Waals surface area contributed by atoms with Crippen LogP contribution in [0.3, 0.4) is 0 Å². The molecule has 0 amide bonds. The molecule has 0 aliphatic heterocycles. The highest BCUT2D eigenvalue weighted by Crippen LogP contribution is 2.16. The molecule has 0 radical (unpaired) electrons. The van der Waals surface area contributed by atoms with Crippen LogP contribution in [0.1, 0.15) is 37.3 Å². The second kappa shape index (κ2) is 8.99. The van der Waals surface area contributed by atoms with Crippen LogP contribution >= 0.6 is 0 Å². The Balaban J connectivity index is 1.93. The van der Waals surface area contributed by atoms with E-state index in [0.29, 0.717) is 6.42 Å². The van der Waals surface area contributed by atoms with E-state index in [9.17, 15) is 4.39 Å². The first-order valence-electron chi connectivity index (χ1n) is 8.02. The van der Waals surface area contributed by atoms with E-state index in [4.69, 9.17) is 0 Å². The lowest BCUT2D eigenvalue weighted by molar-refractivity contribution is 0.335. The predicted molar refractivity (Wildman–Crippen MR) is 94.8 cm³/mol. The molecule has 1 atom stereocenters. The van der Waals surface area contributed by atoms with Gasteiger partial charge in [0.25, 0.3) is 0 Å². The molecule has 0 fully saturated rings. The van der Waals surface area contributed by atoms with Gasteiger partial charge in [-0.05, 0) is 38.2 Å². The third kappa shape index (κ3) is 5.78. The standard InChI is InChI=1S/C20H23FN2/c1-3-7-17-10-12-19(13-11-17)20-22-14-18(15-23-20)9-6-4-5-8-16(2)21/h3,6,9-16H,1,4-5,7-8H2,2H3. The zero-order chi connectivity index (χ0) is 16.5. The molecule has 1 aromatic carbocycles.